The molecule has 6 amide bonds. The van der Waals surface area contributed by atoms with Crippen molar-refractivity contribution in [1.82, 2.24) is 20.4 Å². The minimum absolute atomic E-state index is 0.0191. The zero-order chi connectivity index (χ0) is 26.2. The van der Waals surface area contributed by atoms with Gasteiger partial charge < -0.3 is 15.4 Å². The minimum Gasteiger partial charge on any atom is -0.375 e. The number of carbonyl (C=O) groups excluding carboxylic acids is 6. The van der Waals surface area contributed by atoms with Crippen molar-refractivity contribution in [3.05, 3.63) is 24.3 Å². The van der Waals surface area contributed by atoms with Crippen LogP contribution < -0.4 is 10.6 Å². The SMILES string of the molecule is CC(C)(CCOC(C)(C)CCNC(=O)CCN1C(=O)C=CC1=O)NC(=O)CCN1C(=O)C=CC1=O. The number of rotatable bonds is 14. The Morgan fingerprint density at radius 3 is 1.71 bits per heavy atom. The molecule has 0 fully saturated rings. The Kier molecular flexibility index (Phi) is 9.47. The molecule has 11 nitrogen and oxygen atoms in total. The summed E-state index contributed by atoms with van der Waals surface area (Å²) in [6, 6.07) is 0. The quantitative estimate of drug-likeness (QED) is 0.331. The van der Waals surface area contributed by atoms with Crippen LogP contribution in [0.25, 0.3) is 0 Å². The number of carbonyl (C=O) groups is 6. The summed E-state index contributed by atoms with van der Waals surface area (Å²) in [6.07, 6.45) is 5.86. The van der Waals surface area contributed by atoms with Gasteiger partial charge in [0.15, 0.2) is 0 Å². The molecule has 0 aromatic carbocycles. The molecule has 0 aliphatic carbocycles. The molecule has 0 aromatic heterocycles. The maximum atomic E-state index is 12.3. The van der Waals surface area contributed by atoms with E-state index in [1.165, 1.54) is 24.3 Å². The van der Waals surface area contributed by atoms with E-state index in [1.807, 2.05) is 27.7 Å². The van der Waals surface area contributed by atoms with Crippen LogP contribution in [0, 0.1) is 0 Å². The lowest BCUT2D eigenvalue weighted by atomic mass is 10.00. The van der Waals surface area contributed by atoms with Gasteiger partial charge in [0.25, 0.3) is 23.6 Å². The van der Waals surface area contributed by atoms with E-state index in [-0.39, 0.29) is 37.7 Å². The van der Waals surface area contributed by atoms with Crippen molar-refractivity contribution in [2.45, 2.75) is 64.5 Å². The highest BCUT2D eigenvalue weighted by molar-refractivity contribution is 6.13. The molecule has 2 heterocycles. The van der Waals surface area contributed by atoms with Crippen LogP contribution in [0.4, 0.5) is 0 Å². The van der Waals surface area contributed by atoms with E-state index in [4.69, 9.17) is 4.74 Å². The molecule has 2 N–H and O–H groups in total. The summed E-state index contributed by atoms with van der Waals surface area (Å²) >= 11 is 0. The highest BCUT2D eigenvalue weighted by Gasteiger charge is 2.27. The first-order valence-electron chi connectivity index (χ1n) is 11.6. The Labute approximate surface area is 204 Å². The second-order valence-corrected chi connectivity index (χ2v) is 9.71. The molecule has 0 radical (unpaired) electrons. The van der Waals surface area contributed by atoms with Gasteiger partial charge in [0.2, 0.25) is 11.8 Å². The van der Waals surface area contributed by atoms with Crippen molar-refractivity contribution in [3.63, 3.8) is 0 Å². The van der Waals surface area contributed by atoms with Crippen molar-refractivity contribution in [2.24, 2.45) is 0 Å². The fraction of sp³-hybridized carbons (Fsp3) is 0.583. The van der Waals surface area contributed by atoms with Crippen LogP contribution in [0.2, 0.25) is 0 Å². The molecule has 0 saturated carbocycles. The van der Waals surface area contributed by atoms with Gasteiger partial charge in [-0.15, -0.1) is 0 Å². The van der Waals surface area contributed by atoms with Gasteiger partial charge in [0, 0.05) is 68.9 Å². The highest BCUT2D eigenvalue weighted by atomic mass is 16.5. The molecule has 0 atom stereocenters. The van der Waals surface area contributed by atoms with E-state index < -0.39 is 34.8 Å². The van der Waals surface area contributed by atoms with E-state index in [0.717, 1.165) is 9.80 Å². The van der Waals surface area contributed by atoms with E-state index in [9.17, 15) is 28.8 Å². The first-order valence-corrected chi connectivity index (χ1v) is 11.6. The number of hydrogen-bond donors (Lipinski definition) is 2. The van der Waals surface area contributed by atoms with Crippen molar-refractivity contribution in [2.75, 3.05) is 26.2 Å². The topological polar surface area (TPSA) is 142 Å². The third kappa shape index (κ3) is 9.08. The van der Waals surface area contributed by atoms with Crippen LogP contribution in [0.5, 0.6) is 0 Å². The van der Waals surface area contributed by atoms with E-state index in [2.05, 4.69) is 10.6 Å². The third-order valence-electron chi connectivity index (χ3n) is 5.67. The van der Waals surface area contributed by atoms with Gasteiger partial charge in [-0.05, 0) is 40.5 Å². The average Bonchev–Trinajstić information content (AvgIpc) is 3.24. The van der Waals surface area contributed by atoms with Crippen molar-refractivity contribution >= 4 is 35.4 Å². The van der Waals surface area contributed by atoms with Crippen LogP contribution in [0.15, 0.2) is 24.3 Å². The number of ether oxygens (including phenoxy) is 1. The van der Waals surface area contributed by atoms with Crippen molar-refractivity contribution in [3.8, 4) is 0 Å². The molecule has 2 rings (SSSR count). The molecule has 11 heteroatoms. The summed E-state index contributed by atoms with van der Waals surface area (Å²) in [6.45, 7) is 8.33. The Morgan fingerprint density at radius 2 is 1.23 bits per heavy atom. The molecule has 192 valence electrons. The Balaban J connectivity index is 1.61. The number of hydrogen-bond acceptors (Lipinski definition) is 7. The van der Waals surface area contributed by atoms with Gasteiger partial charge in [-0.2, -0.15) is 0 Å². The summed E-state index contributed by atoms with van der Waals surface area (Å²) < 4.78 is 5.95. The normalized spacial score (nSPS) is 16.0. The summed E-state index contributed by atoms with van der Waals surface area (Å²) in [5.41, 5.74) is -1.08. The smallest absolute Gasteiger partial charge is 0.253 e. The van der Waals surface area contributed by atoms with E-state index >= 15 is 0 Å². The number of nitrogens with zero attached hydrogens (tertiary/aromatic N) is 2. The molecule has 2 aliphatic heterocycles. The maximum absolute atomic E-state index is 12.3. The van der Waals surface area contributed by atoms with Crippen LogP contribution in [0.3, 0.4) is 0 Å². The fourth-order valence-electron chi connectivity index (χ4n) is 3.48. The Hall–Kier alpha value is -3.34. The summed E-state index contributed by atoms with van der Waals surface area (Å²) in [5.74, 6) is -2.18. The Morgan fingerprint density at radius 1 is 0.771 bits per heavy atom. The molecule has 35 heavy (non-hydrogen) atoms. The van der Waals surface area contributed by atoms with E-state index in [0.29, 0.717) is 26.0 Å². The van der Waals surface area contributed by atoms with Crippen LogP contribution in [-0.2, 0) is 33.5 Å². The largest absolute Gasteiger partial charge is 0.375 e. The molecular weight excluding hydrogens is 456 g/mol. The lowest BCUT2D eigenvalue weighted by Crippen LogP contribution is -2.46. The molecule has 0 spiro atoms. The van der Waals surface area contributed by atoms with Crippen LogP contribution >= 0.6 is 0 Å². The lowest BCUT2D eigenvalue weighted by Gasteiger charge is -2.30. The molecule has 0 aromatic rings. The molecule has 0 bridgehead atoms. The molecular formula is C24H34N4O7. The van der Waals surface area contributed by atoms with Gasteiger partial charge in [-0.1, -0.05) is 0 Å². The minimum atomic E-state index is -0.558. The van der Waals surface area contributed by atoms with Crippen LogP contribution in [-0.4, -0.2) is 82.6 Å². The average molecular weight is 491 g/mol. The fourth-order valence-corrected chi connectivity index (χ4v) is 3.48. The van der Waals surface area contributed by atoms with Gasteiger partial charge in [-0.25, -0.2) is 0 Å². The maximum Gasteiger partial charge on any atom is 0.253 e. The summed E-state index contributed by atoms with van der Waals surface area (Å²) in [5, 5.41) is 5.66. The number of amides is 6. The molecule has 0 unspecified atom stereocenters. The summed E-state index contributed by atoms with van der Waals surface area (Å²) in [4.78, 5) is 72.4. The number of imide groups is 2. The molecule has 0 saturated heterocycles. The lowest BCUT2D eigenvalue weighted by molar-refractivity contribution is -0.139. The predicted molar refractivity (Wildman–Crippen MR) is 125 cm³/mol. The van der Waals surface area contributed by atoms with Crippen molar-refractivity contribution < 1.29 is 33.5 Å². The van der Waals surface area contributed by atoms with Crippen LogP contribution in [0.1, 0.15) is 53.4 Å². The monoisotopic (exact) mass is 490 g/mol. The second-order valence-electron chi connectivity index (χ2n) is 9.71. The molecule has 2 aliphatic rings. The first-order chi connectivity index (χ1) is 16.3. The highest BCUT2D eigenvalue weighted by Crippen LogP contribution is 2.17. The van der Waals surface area contributed by atoms with Gasteiger partial charge in [0.05, 0.1) is 5.60 Å². The second kappa shape index (κ2) is 11.9. The van der Waals surface area contributed by atoms with E-state index in [1.54, 1.807) is 0 Å². The number of nitrogens with one attached hydrogen (secondary N) is 2. The van der Waals surface area contributed by atoms with Gasteiger partial charge in [-0.3, -0.25) is 38.6 Å². The zero-order valence-corrected chi connectivity index (χ0v) is 20.7. The van der Waals surface area contributed by atoms with Gasteiger partial charge in [0.1, 0.15) is 0 Å². The zero-order valence-electron chi connectivity index (χ0n) is 20.7. The predicted octanol–water partition coefficient (Wildman–Crippen LogP) is 0.203. The standard InChI is InChI=1S/C24H34N4O7/c1-23(2,26-18(30)10-15-28-21(33)7-8-22(28)34)12-16-35-24(3,4)11-13-25-17(29)9-14-27-19(31)5-6-20(27)32/h5-8H,9-16H2,1-4H3,(H,25,29)(H,26,30). The first kappa shape index (κ1) is 27.9. The van der Waals surface area contributed by atoms with Crippen molar-refractivity contribution in [1.29, 1.82) is 0 Å². The third-order valence-corrected chi connectivity index (χ3v) is 5.67. The Bertz CT molecular complexity index is 900. The van der Waals surface area contributed by atoms with Gasteiger partial charge >= 0.3 is 0 Å². The summed E-state index contributed by atoms with van der Waals surface area (Å²) in [7, 11) is 0.